The second kappa shape index (κ2) is 8.45. The number of para-hydroxylation sites is 2. The molecule has 1 atom stereocenters. The Labute approximate surface area is 184 Å². The van der Waals surface area contributed by atoms with E-state index in [4.69, 9.17) is 4.74 Å². The summed E-state index contributed by atoms with van der Waals surface area (Å²) in [5.74, 6) is -0.375. The van der Waals surface area contributed by atoms with Crippen molar-refractivity contribution in [2.24, 2.45) is 0 Å². The number of hydrogen-bond acceptors (Lipinski definition) is 5. The maximum atomic E-state index is 13.0. The second-order valence-corrected chi connectivity index (χ2v) is 8.28. The Morgan fingerprint density at radius 2 is 1.75 bits per heavy atom. The molecule has 2 aromatic carbocycles. The van der Waals surface area contributed by atoms with Crippen molar-refractivity contribution in [1.29, 1.82) is 0 Å². The van der Waals surface area contributed by atoms with Crippen molar-refractivity contribution in [3.05, 3.63) is 76.2 Å². The number of hydrogen-bond donors (Lipinski definition) is 1. The van der Waals surface area contributed by atoms with E-state index in [0.717, 1.165) is 12.0 Å². The van der Waals surface area contributed by atoms with Crippen LogP contribution in [-0.2, 0) is 11.2 Å². The molecule has 0 bridgehead atoms. The lowest BCUT2D eigenvalue weighted by Crippen LogP contribution is -2.50. The number of fused-ring (bicyclic) bond motifs is 1. The highest BCUT2D eigenvalue weighted by Crippen LogP contribution is 2.26. The van der Waals surface area contributed by atoms with E-state index in [1.54, 1.807) is 23.1 Å². The van der Waals surface area contributed by atoms with E-state index in [2.05, 4.69) is 22.1 Å². The molecule has 0 aliphatic carbocycles. The number of carbonyl (C=O) groups is 2. The van der Waals surface area contributed by atoms with Crippen molar-refractivity contribution in [3.8, 4) is 0 Å². The summed E-state index contributed by atoms with van der Waals surface area (Å²) in [6.07, 6.45) is 1.72. The van der Waals surface area contributed by atoms with Crippen LogP contribution >= 0.6 is 0 Å². The monoisotopic (exact) mass is 432 g/mol. The summed E-state index contributed by atoms with van der Waals surface area (Å²) in [4.78, 5) is 48.4. The zero-order valence-corrected chi connectivity index (χ0v) is 17.6. The van der Waals surface area contributed by atoms with Gasteiger partial charge in [-0.2, -0.15) is 0 Å². The number of aromatic nitrogens is 2. The van der Waals surface area contributed by atoms with Crippen LogP contribution in [0.1, 0.15) is 28.9 Å². The molecule has 1 aromatic heterocycles. The first kappa shape index (κ1) is 20.2. The number of likely N-dealkylation sites (tertiary alicyclic amines) is 1. The SMILES string of the molecule is O=C(c1nc2ccccc2[nH]c1=O)N1CCC(N2C(=O)OC[C@H]2Cc2ccccc2)CC1. The van der Waals surface area contributed by atoms with Crippen LogP contribution in [0.25, 0.3) is 11.0 Å². The first-order valence-electron chi connectivity index (χ1n) is 10.9. The summed E-state index contributed by atoms with van der Waals surface area (Å²) in [5.41, 5.74) is 1.76. The van der Waals surface area contributed by atoms with E-state index in [9.17, 15) is 14.4 Å². The first-order chi connectivity index (χ1) is 15.6. The van der Waals surface area contributed by atoms with E-state index < -0.39 is 5.56 Å². The van der Waals surface area contributed by atoms with Gasteiger partial charge in [0.05, 0.1) is 17.1 Å². The van der Waals surface area contributed by atoms with Gasteiger partial charge in [-0.1, -0.05) is 42.5 Å². The van der Waals surface area contributed by atoms with Gasteiger partial charge in [0.2, 0.25) is 0 Å². The van der Waals surface area contributed by atoms with Gasteiger partial charge in [-0.3, -0.25) is 14.5 Å². The Balaban J connectivity index is 1.27. The molecule has 8 nitrogen and oxygen atoms in total. The third kappa shape index (κ3) is 3.84. The van der Waals surface area contributed by atoms with Gasteiger partial charge in [0.1, 0.15) is 6.61 Å². The van der Waals surface area contributed by atoms with Gasteiger partial charge in [-0.15, -0.1) is 0 Å². The van der Waals surface area contributed by atoms with Crippen LogP contribution in [0.5, 0.6) is 0 Å². The minimum absolute atomic E-state index is 0.00519. The number of ether oxygens (including phenoxy) is 1. The summed E-state index contributed by atoms with van der Waals surface area (Å²) < 4.78 is 5.35. The third-order valence-corrected chi connectivity index (χ3v) is 6.26. The molecule has 2 aliphatic heterocycles. The van der Waals surface area contributed by atoms with Crippen molar-refractivity contribution in [3.63, 3.8) is 0 Å². The van der Waals surface area contributed by atoms with Crippen LogP contribution in [0.4, 0.5) is 4.79 Å². The highest BCUT2D eigenvalue weighted by atomic mass is 16.6. The number of carbonyl (C=O) groups excluding carboxylic acids is 2. The molecule has 0 spiro atoms. The molecule has 0 radical (unpaired) electrons. The summed E-state index contributed by atoms with van der Waals surface area (Å²) in [5, 5.41) is 0. The number of rotatable bonds is 4. The van der Waals surface area contributed by atoms with Crippen LogP contribution in [0, 0.1) is 0 Å². The lowest BCUT2D eigenvalue weighted by atomic mass is 9.99. The zero-order chi connectivity index (χ0) is 22.1. The maximum absolute atomic E-state index is 13.0. The molecule has 1 N–H and O–H groups in total. The van der Waals surface area contributed by atoms with Gasteiger partial charge in [-0.25, -0.2) is 9.78 Å². The van der Waals surface area contributed by atoms with Crippen LogP contribution in [-0.4, -0.2) is 63.5 Å². The molecule has 8 heteroatoms. The fourth-order valence-corrected chi connectivity index (χ4v) is 4.63. The normalized spacial score (nSPS) is 19.4. The Bertz CT molecular complexity index is 1200. The van der Waals surface area contributed by atoms with Crippen molar-refractivity contribution in [2.45, 2.75) is 31.3 Å². The minimum Gasteiger partial charge on any atom is -0.447 e. The fraction of sp³-hybridized carbons (Fsp3) is 0.333. The Morgan fingerprint density at radius 1 is 1.03 bits per heavy atom. The standard InChI is InChI=1S/C24H24N4O4/c29-22-21(25-19-8-4-5-9-20(19)26-22)23(30)27-12-10-17(11-13-27)28-18(15-32-24(28)31)14-16-6-2-1-3-7-16/h1-9,17-18H,10-15H2,(H,26,29)/t18-/m1/s1. The van der Waals surface area contributed by atoms with E-state index in [1.807, 2.05) is 29.2 Å². The highest BCUT2D eigenvalue weighted by Gasteiger charge is 2.40. The van der Waals surface area contributed by atoms with Crippen LogP contribution in [0.15, 0.2) is 59.4 Å². The van der Waals surface area contributed by atoms with Crippen molar-refractivity contribution < 1.29 is 14.3 Å². The Kier molecular flexibility index (Phi) is 5.34. The number of H-pyrrole nitrogens is 1. The van der Waals surface area contributed by atoms with Crippen LogP contribution in [0.2, 0.25) is 0 Å². The van der Waals surface area contributed by atoms with Gasteiger partial charge in [0.15, 0.2) is 5.69 Å². The van der Waals surface area contributed by atoms with E-state index in [1.165, 1.54) is 0 Å². The van der Waals surface area contributed by atoms with Crippen molar-refractivity contribution in [2.75, 3.05) is 19.7 Å². The van der Waals surface area contributed by atoms with Crippen molar-refractivity contribution in [1.82, 2.24) is 19.8 Å². The Morgan fingerprint density at radius 3 is 2.53 bits per heavy atom. The van der Waals surface area contributed by atoms with Gasteiger partial charge in [0, 0.05) is 19.1 Å². The summed E-state index contributed by atoms with van der Waals surface area (Å²) in [6, 6.07) is 17.2. The molecule has 2 saturated heterocycles. The molecule has 0 saturated carbocycles. The van der Waals surface area contributed by atoms with Gasteiger partial charge in [0.25, 0.3) is 11.5 Å². The number of amides is 2. The minimum atomic E-state index is -0.484. The van der Waals surface area contributed by atoms with Gasteiger partial charge >= 0.3 is 6.09 Å². The molecular weight excluding hydrogens is 408 g/mol. The summed E-state index contributed by atoms with van der Waals surface area (Å²) in [7, 11) is 0. The molecule has 32 heavy (non-hydrogen) atoms. The predicted octanol–water partition coefficient (Wildman–Crippen LogP) is 2.59. The van der Waals surface area contributed by atoms with Crippen LogP contribution < -0.4 is 5.56 Å². The van der Waals surface area contributed by atoms with Gasteiger partial charge < -0.3 is 14.6 Å². The van der Waals surface area contributed by atoms with E-state index in [0.29, 0.717) is 43.6 Å². The first-order valence-corrected chi connectivity index (χ1v) is 10.9. The highest BCUT2D eigenvalue weighted by molar-refractivity contribution is 5.93. The number of benzene rings is 2. The molecule has 3 heterocycles. The van der Waals surface area contributed by atoms with E-state index >= 15 is 0 Å². The smallest absolute Gasteiger partial charge is 0.410 e. The molecule has 2 amide bonds. The Hall–Kier alpha value is -3.68. The summed E-state index contributed by atoms with van der Waals surface area (Å²) in [6.45, 7) is 1.29. The largest absolute Gasteiger partial charge is 0.447 e. The van der Waals surface area contributed by atoms with Crippen LogP contribution in [0.3, 0.4) is 0 Å². The average Bonchev–Trinajstić information content (AvgIpc) is 3.18. The average molecular weight is 432 g/mol. The molecule has 164 valence electrons. The molecule has 0 unspecified atom stereocenters. The number of aromatic amines is 1. The third-order valence-electron chi connectivity index (χ3n) is 6.26. The second-order valence-electron chi connectivity index (χ2n) is 8.28. The zero-order valence-electron chi connectivity index (χ0n) is 17.6. The summed E-state index contributed by atoms with van der Waals surface area (Å²) >= 11 is 0. The predicted molar refractivity (Wildman–Crippen MR) is 118 cm³/mol. The number of nitrogens with one attached hydrogen (secondary N) is 1. The molecule has 5 rings (SSSR count). The lowest BCUT2D eigenvalue weighted by molar-refractivity contribution is 0.0630. The molecule has 2 fully saturated rings. The topological polar surface area (TPSA) is 95.6 Å². The fourth-order valence-electron chi connectivity index (χ4n) is 4.63. The van der Waals surface area contributed by atoms with Gasteiger partial charge in [-0.05, 0) is 37.0 Å². The maximum Gasteiger partial charge on any atom is 0.410 e. The molecule has 3 aromatic rings. The molecule has 2 aliphatic rings. The number of cyclic esters (lactones) is 1. The number of piperidine rings is 1. The van der Waals surface area contributed by atoms with E-state index in [-0.39, 0.29) is 29.8 Å². The lowest BCUT2D eigenvalue weighted by Gasteiger charge is -2.37. The quantitative estimate of drug-likeness (QED) is 0.684. The van der Waals surface area contributed by atoms with Crippen molar-refractivity contribution >= 4 is 23.0 Å². The molecular formula is C24H24N4O4. The number of nitrogens with zero attached hydrogens (tertiary/aromatic N) is 3.